The topological polar surface area (TPSA) is 4.93 Å². The van der Waals surface area contributed by atoms with E-state index in [4.69, 9.17) is 0 Å². The van der Waals surface area contributed by atoms with E-state index >= 15 is 0 Å². The van der Waals surface area contributed by atoms with Crippen LogP contribution in [-0.2, 0) is 19.0 Å². The Morgan fingerprint density at radius 3 is 2.07 bits per heavy atom. The summed E-state index contributed by atoms with van der Waals surface area (Å²) in [6, 6.07) is 7.02. The molecule has 144 valence electrons. The van der Waals surface area contributed by atoms with Crippen molar-refractivity contribution in [2.24, 2.45) is 0 Å². The Kier molecular flexibility index (Phi) is 5.67. The van der Waals surface area contributed by atoms with Crippen molar-refractivity contribution in [3.63, 3.8) is 0 Å². The highest BCUT2D eigenvalue weighted by atomic mass is 127. The van der Waals surface area contributed by atoms with Crippen LogP contribution in [0.25, 0.3) is 10.9 Å². The maximum Gasteiger partial charge on any atom is 0.422 e. The fourth-order valence-electron chi connectivity index (χ4n) is 2.80. The molecule has 0 spiro atoms. The molecule has 0 aliphatic carbocycles. The van der Waals surface area contributed by atoms with Gasteiger partial charge >= 0.3 is 6.18 Å². The van der Waals surface area contributed by atoms with Crippen molar-refractivity contribution >= 4 is 41.2 Å². The molecule has 0 aliphatic rings. The molecule has 27 heavy (non-hydrogen) atoms. The van der Waals surface area contributed by atoms with Gasteiger partial charge in [0, 0.05) is 47.5 Å². The van der Waals surface area contributed by atoms with Gasteiger partial charge in [-0.2, -0.15) is 13.2 Å². The molecule has 0 amide bonds. The van der Waals surface area contributed by atoms with Crippen LogP contribution in [0.1, 0.15) is 16.7 Å². The second-order valence-electron chi connectivity index (χ2n) is 5.71. The highest BCUT2D eigenvalue weighted by Crippen LogP contribution is 2.37. The van der Waals surface area contributed by atoms with E-state index in [-0.39, 0.29) is 6.42 Å². The number of alkyl halides is 3. The van der Waals surface area contributed by atoms with Crippen molar-refractivity contribution in [3.8, 4) is 0 Å². The summed E-state index contributed by atoms with van der Waals surface area (Å²) in [6.07, 6.45) is -4.21. The van der Waals surface area contributed by atoms with E-state index in [1.54, 1.807) is 18.2 Å². The number of aromatic nitrogens is 1. The Morgan fingerprint density at radius 1 is 0.889 bits per heavy atom. The Hall–Kier alpha value is -1.43. The summed E-state index contributed by atoms with van der Waals surface area (Å²) in [5.74, 6) is -8.89. The molecule has 1 aromatic heterocycles. The molecule has 0 radical (unpaired) electrons. The molecule has 0 unspecified atom stereocenters. The Labute approximate surface area is 165 Å². The van der Waals surface area contributed by atoms with Crippen LogP contribution in [-0.4, -0.2) is 3.97 Å². The molecular formula is C17H9F7INS. The number of benzene rings is 2. The summed E-state index contributed by atoms with van der Waals surface area (Å²) in [4.78, 5) is 0. The maximum absolute atomic E-state index is 13.9. The molecule has 0 atom stereocenters. The average Bonchev–Trinajstić information content (AvgIpc) is 3.01. The second kappa shape index (κ2) is 7.53. The van der Waals surface area contributed by atoms with Crippen molar-refractivity contribution < 1.29 is 30.7 Å². The van der Waals surface area contributed by atoms with Crippen LogP contribution in [0.15, 0.2) is 30.5 Å². The van der Waals surface area contributed by atoms with Crippen molar-refractivity contribution in [2.45, 2.75) is 19.0 Å². The molecule has 2 aromatic carbocycles. The smallest absolute Gasteiger partial charge is 0.283 e. The third kappa shape index (κ3) is 3.78. The van der Waals surface area contributed by atoms with Gasteiger partial charge in [0.2, 0.25) is 0 Å². The average molecular weight is 519 g/mol. The van der Waals surface area contributed by atoms with Gasteiger partial charge < -0.3 is 0 Å². The fraction of sp³-hybridized carbons (Fsp3) is 0.176. The summed E-state index contributed by atoms with van der Waals surface area (Å²) in [6.45, 7) is 0. The zero-order valence-electron chi connectivity index (χ0n) is 13.2. The molecule has 0 N–H and O–H groups in total. The van der Waals surface area contributed by atoms with Crippen LogP contribution >= 0.6 is 30.3 Å². The van der Waals surface area contributed by atoms with E-state index in [2.05, 4.69) is 21.2 Å². The second-order valence-corrected chi connectivity index (χ2v) is 7.42. The van der Waals surface area contributed by atoms with Gasteiger partial charge in [0.1, 0.15) is 5.56 Å². The quantitative estimate of drug-likeness (QED) is 0.208. The first-order valence-corrected chi connectivity index (χ1v) is 10.8. The number of fused-ring (bicyclic) bond motifs is 1. The zero-order chi connectivity index (χ0) is 19.9. The van der Waals surface area contributed by atoms with Crippen molar-refractivity contribution in [3.05, 3.63) is 70.4 Å². The lowest BCUT2D eigenvalue weighted by Crippen LogP contribution is -2.17. The molecule has 0 aliphatic heterocycles. The molecular weight excluding hydrogens is 510 g/mol. The third-order valence-corrected chi connectivity index (χ3v) is 5.83. The van der Waals surface area contributed by atoms with E-state index in [0.29, 0.717) is 5.56 Å². The number of rotatable bonds is 4. The summed E-state index contributed by atoms with van der Waals surface area (Å²) in [5.41, 5.74) is -2.07. The Balaban J connectivity index is 1.92. The van der Waals surface area contributed by atoms with E-state index in [9.17, 15) is 30.7 Å². The van der Waals surface area contributed by atoms with E-state index < -0.39 is 47.0 Å². The lowest BCUT2D eigenvalue weighted by atomic mass is 10.00. The van der Waals surface area contributed by atoms with Gasteiger partial charge in [-0.05, 0) is 36.6 Å². The van der Waals surface area contributed by atoms with Crippen LogP contribution in [0, 0.1) is 23.3 Å². The van der Waals surface area contributed by atoms with Gasteiger partial charge in [-0.15, -0.1) is 0 Å². The number of hydrogen-bond donors (Lipinski definition) is 0. The van der Waals surface area contributed by atoms with E-state index in [1.807, 2.05) is 16.2 Å². The zero-order valence-corrected chi connectivity index (χ0v) is 16.2. The number of halogens is 8. The molecule has 0 saturated carbocycles. The van der Waals surface area contributed by atoms with Crippen LogP contribution < -0.4 is 0 Å². The first kappa shape index (κ1) is 20.3. The predicted molar refractivity (Wildman–Crippen MR) is 97.6 cm³/mol. The summed E-state index contributed by atoms with van der Waals surface area (Å²) < 4.78 is 95.0. The van der Waals surface area contributed by atoms with Crippen molar-refractivity contribution in [1.82, 2.24) is 3.97 Å². The SMILES string of the molecule is Fc1c(F)c(C(F)(F)F)c(F)c(F)c1CCc1ccc2c(ccn2SI)c1. The lowest BCUT2D eigenvalue weighted by molar-refractivity contribution is -0.143. The summed E-state index contributed by atoms with van der Waals surface area (Å²) >= 11 is 2.10. The lowest BCUT2D eigenvalue weighted by Gasteiger charge is -2.14. The molecule has 1 heterocycles. The standard InChI is InChI=1S/C17H9F7INS/c18-13-10(14(19)16(21)12(15(13)20)17(22,23)24)3-1-8-2-4-11-9(7-8)5-6-26(11)27-25/h2,4-7H,1,3H2. The Bertz CT molecular complexity index is 984. The number of hydrogen-bond acceptors (Lipinski definition) is 1. The van der Waals surface area contributed by atoms with Gasteiger partial charge in [-0.1, -0.05) is 6.07 Å². The molecule has 0 bridgehead atoms. The minimum atomic E-state index is -5.54. The number of nitrogens with zero attached hydrogens (tertiary/aromatic N) is 1. The molecule has 1 nitrogen and oxygen atoms in total. The largest absolute Gasteiger partial charge is 0.422 e. The molecule has 3 aromatic rings. The molecule has 10 heteroatoms. The van der Waals surface area contributed by atoms with Crippen LogP contribution in [0.2, 0.25) is 0 Å². The van der Waals surface area contributed by atoms with Gasteiger partial charge in [-0.3, -0.25) is 3.97 Å². The van der Waals surface area contributed by atoms with Crippen LogP contribution in [0.4, 0.5) is 30.7 Å². The van der Waals surface area contributed by atoms with Gasteiger partial charge in [0.25, 0.3) is 0 Å². The Morgan fingerprint density at radius 2 is 1.52 bits per heavy atom. The monoisotopic (exact) mass is 519 g/mol. The molecule has 0 saturated heterocycles. The summed E-state index contributed by atoms with van der Waals surface area (Å²) in [7, 11) is 1.44. The van der Waals surface area contributed by atoms with Gasteiger partial charge in [-0.25, -0.2) is 17.6 Å². The van der Waals surface area contributed by atoms with E-state index in [0.717, 1.165) is 10.9 Å². The fourth-order valence-corrected chi connectivity index (χ4v) is 4.17. The predicted octanol–water partition coefficient (Wildman–Crippen LogP) is 6.85. The molecule has 0 fully saturated rings. The van der Waals surface area contributed by atoms with Crippen LogP contribution in [0.5, 0.6) is 0 Å². The van der Waals surface area contributed by atoms with Crippen LogP contribution in [0.3, 0.4) is 0 Å². The van der Waals surface area contributed by atoms with Gasteiger partial charge in [0.05, 0.1) is 5.52 Å². The first-order valence-electron chi connectivity index (χ1n) is 7.46. The molecule has 3 rings (SSSR count). The first-order chi connectivity index (χ1) is 12.6. The number of aryl methyl sites for hydroxylation is 1. The highest BCUT2D eigenvalue weighted by Gasteiger charge is 2.42. The highest BCUT2D eigenvalue weighted by molar-refractivity contribution is 14.2. The van der Waals surface area contributed by atoms with Gasteiger partial charge in [0.15, 0.2) is 23.3 Å². The summed E-state index contributed by atoms with van der Waals surface area (Å²) in [5, 5.41) is 0.849. The van der Waals surface area contributed by atoms with E-state index in [1.165, 1.54) is 9.12 Å². The minimum absolute atomic E-state index is 0.00339. The van der Waals surface area contributed by atoms with Crippen molar-refractivity contribution in [1.29, 1.82) is 0 Å². The van der Waals surface area contributed by atoms with Crippen molar-refractivity contribution in [2.75, 3.05) is 0 Å². The normalized spacial score (nSPS) is 12.1. The third-order valence-electron chi connectivity index (χ3n) is 4.09. The maximum atomic E-state index is 13.9. The minimum Gasteiger partial charge on any atom is -0.283 e.